The Hall–Kier alpha value is -3.40. The Labute approximate surface area is 248 Å². The summed E-state index contributed by atoms with van der Waals surface area (Å²) in [7, 11) is 0. The van der Waals surface area contributed by atoms with Gasteiger partial charge in [0.15, 0.2) is 0 Å². The molecular weight excluding hydrogens is 500 g/mol. The molecule has 0 spiro atoms. The average Bonchev–Trinajstić information content (AvgIpc) is 2.88. The van der Waals surface area contributed by atoms with E-state index in [1.807, 2.05) is 0 Å². The van der Waals surface area contributed by atoms with Crippen LogP contribution in [0.5, 0.6) is 0 Å². The highest BCUT2D eigenvalue weighted by Crippen LogP contribution is 2.44. The summed E-state index contributed by atoms with van der Waals surface area (Å²) in [6.07, 6.45) is 0. The largest absolute Gasteiger partial charge is 0.155 e. The first-order valence-corrected chi connectivity index (χ1v) is 14.8. The molecule has 0 atom stereocenters. The van der Waals surface area contributed by atoms with Crippen LogP contribution in [-0.4, -0.2) is 20.4 Å². The standard InChI is InChI=1S/C37H48N4/c1-33(2,3)25-13-17-27(18-14-25)37(28-19-15-26(16-20-28)34(4,5)6,31-23-21-29(38-40-31)35(7,8)9)32-24-22-30(39-41-32)36(10,11)12/h13-24H,1-12H3. The van der Waals surface area contributed by atoms with Crippen LogP contribution in [0.1, 0.15) is 128 Å². The predicted octanol–water partition coefficient (Wildman–Crippen LogP) is 8.84. The van der Waals surface area contributed by atoms with Gasteiger partial charge in [0.1, 0.15) is 5.41 Å². The maximum Gasteiger partial charge on any atom is 0.108 e. The van der Waals surface area contributed by atoms with Crippen molar-refractivity contribution < 1.29 is 0 Å². The number of rotatable bonds is 4. The van der Waals surface area contributed by atoms with Gasteiger partial charge in [0.2, 0.25) is 0 Å². The maximum absolute atomic E-state index is 4.94. The van der Waals surface area contributed by atoms with Crippen LogP contribution < -0.4 is 0 Å². The summed E-state index contributed by atoms with van der Waals surface area (Å²) < 4.78 is 0. The Morgan fingerprint density at radius 2 is 0.537 bits per heavy atom. The van der Waals surface area contributed by atoms with E-state index in [4.69, 9.17) is 20.4 Å². The van der Waals surface area contributed by atoms with Crippen molar-refractivity contribution in [1.29, 1.82) is 0 Å². The molecule has 4 aromatic rings. The minimum absolute atomic E-state index is 0.0396. The van der Waals surface area contributed by atoms with Crippen molar-refractivity contribution in [3.63, 3.8) is 0 Å². The molecule has 2 heterocycles. The highest BCUT2D eigenvalue weighted by Gasteiger charge is 2.43. The molecule has 0 radical (unpaired) electrons. The van der Waals surface area contributed by atoms with Crippen molar-refractivity contribution in [3.05, 3.63) is 118 Å². The fraction of sp³-hybridized carbons (Fsp3) is 0.459. The molecule has 4 nitrogen and oxygen atoms in total. The molecule has 2 aromatic carbocycles. The highest BCUT2D eigenvalue weighted by molar-refractivity contribution is 5.57. The predicted molar refractivity (Wildman–Crippen MR) is 171 cm³/mol. The van der Waals surface area contributed by atoms with E-state index in [9.17, 15) is 0 Å². The monoisotopic (exact) mass is 548 g/mol. The number of hydrogen-bond donors (Lipinski definition) is 0. The van der Waals surface area contributed by atoms with Gasteiger partial charge >= 0.3 is 0 Å². The maximum atomic E-state index is 4.94. The normalized spacial score (nSPS) is 13.4. The SMILES string of the molecule is CC(C)(C)c1ccc(C(c2ccc(C(C)(C)C)cc2)(c2ccc(C(C)(C)C)nn2)c2ccc(C(C)(C)C)nn2)cc1. The third-order valence-electron chi connectivity index (χ3n) is 8.00. The van der Waals surface area contributed by atoms with E-state index >= 15 is 0 Å². The zero-order chi connectivity index (χ0) is 30.4. The van der Waals surface area contributed by atoms with Crippen molar-refractivity contribution >= 4 is 0 Å². The van der Waals surface area contributed by atoms with Gasteiger partial charge in [0, 0.05) is 10.8 Å². The van der Waals surface area contributed by atoms with Crippen molar-refractivity contribution in [1.82, 2.24) is 20.4 Å². The summed E-state index contributed by atoms with van der Waals surface area (Å²) in [6.45, 7) is 26.4. The lowest BCUT2D eigenvalue weighted by atomic mass is 9.68. The number of benzene rings is 2. The third-order valence-corrected chi connectivity index (χ3v) is 8.00. The van der Waals surface area contributed by atoms with Crippen LogP contribution >= 0.6 is 0 Å². The Morgan fingerprint density at radius 3 is 0.756 bits per heavy atom. The van der Waals surface area contributed by atoms with Gasteiger partial charge in [-0.25, -0.2) is 0 Å². The minimum atomic E-state index is -0.806. The van der Waals surface area contributed by atoms with Gasteiger partial charge < -0.3 is 0 Å². The molecule has 0 fully saturated rings. The van der Waals surface area contributed by atoms with Crippen LogP contribution in [0.15, 0.2) is 72.8 Å². The summed E-state index contributed by atoms with van der Waals surface area (Å²) in [5.41, 5.74) is 7.36. The van der Waals surface area contributed by atoms with Crippen molar-refractivity contribution in [3.8, 4) is 0 Å². The summed E-state index contributed by atoms with van der Waals surface area (Å²) in [5.74, 6) is 0. The Morgan fingerprint density at radius 1 is 0.293 bits per heavy atom. The summed E-state index contributed by atoms with van der Waals surface area (Å²) in [6, 6.07) is 26.4. The highest BCUT2D eigenvalue weighted by atomic mass is 15.1. The summed E-state index contributed by atoms with van der Waals surface area (Å²) >= 11 is 0. The second-order valence-electron chi connectivity index (χ2n) is 15.5. The van der Waals surface area contributed by atoms with Gasteiger partial charge in [-0.2, -0.15) is 20.4 Å². The Bertz CT molecular complexity index is 1220. The molecule has 0 N–H and O–H groups in total. The second-order valence-corrected chi connectivity index (χ2v) is 15.5. The van der Waals surface area contributed by atoms with Gasteiger partial charge in [-0.1, -0.05) is 132 Å². The van der Waals surface area contributed by atoms with Crippen LogP contribution in [-0.2, 0) is 27.1 Å². The number of aromatic nitrogens is 4. The minimum Gasteiger partial charge on any atom is -0.155 e. The first kappa shape index (κ1) is 30.6. The second kappa shape index (κ2) is 10.5. The van der Waals surface area contributed by atoms with Crippen LogP contribution in [0.25, 0.3) is 0 Å². The zero-order valence-electron chi connectivity index (χ0n) is 27.2. The molecule has 4 heteroatoms. The molecule has 2 aromatic heterocycles. The van der Waals surface area contributed by atoms with E-state index < -0.39 is 5.41 Å². The van der Waals surface area contributed by atoms with Gasteiger partial charge in [-0.15, -0.1) is 0 Å². The van der Waals surface area contributed by atoms with E-state index in [-0.39, 0.29) is 21.7 Å². The smallest absolute Gasteiger partial charge is 0.108 e. The van der Waals surface area contributed by atoms with Crippen LogP contribution in [0.4, 0.5) is 0 Å². The molecule has 216 valence electrons. The van der Waals surface area contributed by atoms with Gasteiger partial charge in [0.05, 0.1) is 22.8 Å². The van der Waals surface area contributed by atoms with E-state index in [1.165, 1.54) is 11.1 Å². The molecule has 41 heavy (non-hydrogen) atoms. The van der Waals surface area contributed by atoms with E-state index in [0.29, 0.717) is 0 Å². The topological polar surface area (TPSA) is 51.6 Å². The van der Waals surface area contributed by atoms with Crippen molar-refractivity contribution in [2.45, 2.75) is 110 Å². The molecule has 0 aliphatic rings. The fourth-order valence-electron chi connectivity index (χ4n) is 5.19. The fourth-order valence-corrected chi connectivity index (χ4v) is 5.19. The first-order chi connectivity index (χ1) is 18.8. The lowest BCUT2D eigenvalue weighted by Gasteiger charge is -2.35. The molecule has 0 bridgehead atoms. The molecule has 0 saturated carbocycles. The average molecular weight is 549 g/mol. The van der Waals surface area contributed by atoms with Gasteiger partial charge in [-0.05, 0) is 57.3 Å². The van der Waals surface area contributed by atoms with Crippen LogP contribution in [0, 0.1) is 0 Å². The summed E-state index contributed by atoms with van der Waals surface area (Å²) in [4.78, 5) is 0. The number of nitrogens with zero attached hydrogens (tertiary/aromatic N) is 4. The van der Waals surface area contributed by atoms with Crippen LogP contribution in [0.2, 0.25) is 0 Å². The molecule has 4 rings (SSSR count). The molecule has 0 unspecified atom stereocenters. The Balaban J connectivity index is 2.09. The molecule has 0 aliphatic carbocycles. The van der Waals surface area contributed by atoms with E-state index in [0.717, 1.165) is 33.9 Å². The third kappa shape index (κ3) is 6.12. The quantitative estimate of drug-likeness (QED) is 0.256. The first-order valence-electron chi connectivity index (χ1n) is 14.8. The zero-order valence-corrected chi connectivity index (χ0v) is 27.2. The molecule has 0 amide bonds. The molecule has 0 aliphatic heterocycles. The Kier molecular flexibility index (Phi) is 7.79. The van der Waals surface area contributed by atoms with Gasteiger partial charge in [-0.3, -0.25) is 0 Å². The number of hydrogen-bond acceptors (Lipinski definition) is 4. The van der Waals surface area contributed by atoms with Crippen LogP contribution in [0.3, 0.4) is 0 Å². The lowest BCUT2D eigenvalue weighted by molar-refractivity contribution is 0.541. The molecular formula is C37H48N4. The lowest BCUT2D eigenvalue weighted by Crippen LogP contribution is -2.35. The van der Waals surface area contributed by atoms with Gasteiger partial charge in [0.25, 0.3) is 0 Å². The van der Waals surface area contributed by atoms with E-state index in [2.05, 4.69) is 156 Å². The van der Waals surface area contributed by atoms with Crippen molar-refractivity contribution in [2.75, 3.05) is 0 Å². The molecule has 0 saturated heterocycles. The van der Waals surface area contributed by atoms with E-state index in [1.54, 1.807) is 0 Å². The summed E-state index contributed by atoms with van der Waals surface area (Å²) in [5, 5.41) is 19.4. The van der Waals surface area contributed by atoms with Crippen molar-refractivity contribution in [2.24, 2.45) is 0 Å².